The van der Waals surface area contributed by atoms with E-state index in [-0.39, 0.29) is 22.4 Å². The normalized spacial score (nSPS) is 19.9. The summed E-state index contributed by atoms with van der Waals surface area (Å²) in [4.78, 5) is 2.07. The van der Waals surface area contributed by atoms with Crippen LogP contribution in [-0.2, 0) is 0 Å². The summed E-state index contributed by atoms with van der Waals surface area (Å²) in [7, 11) is 3.96. The Labute approximate surface area is 100 Å². The van der Waals surface area contributed by atoms with Gasteiger partial charge in [-0.1, -0.05) is 17.7 Å². The molecule has 0 heterocycles. The Kier molecular flexibility index (Phi) is 2.95. The van der Waals surface area contributed by atoms with Crippen molar-refractivity contribution in [2.45, 2.75) is 24.4 Å². The van der Waals surface area contributed by atoms with Crippen LogP contribution in [-0.4, -0.2) is 24.5 Å². The Morgan fingerprint density at radius 2 is 2.06 bits per heavy atom. The molecule has 88 valence electrons. The maximum Gasteiger partial charge on any atom is 0.141 e. The molecule has 2 nitrogen and oxygen atoms in total. The average molecular weight is 243 g/mol. The fourth-order valence-corrected chi connectivity index (χ4v) is 2.43. The summed E-state index contributed by atoms with van der Waals surface area (Å²) in [5, 5.41) is 0.161. The number of benzene rings is 1. The van der Waals surface area contributed by atoms with Gasteiger partial charge in [0.15, 0.2) is 0 Å². The van der Waals surface area contributed by atoms with E-state index in [1.54, 1.807) is 12.1 Å². The molecule has 4 heteroatoms. The molecular weight excluding hydrogens is 227 g/mol. The SMILES string of the molecule is CN(C)C(c1ccc(F)c(Cl)c1)C1(N)CC1. The molecule has 0 amide bonds. The van der Waals surface area contributed by atoms with Crippen LogP contribution in [0.4, 0.5) is 4.39 Å². The molecule has 0 aliphatic heterocycles. The van der Waals surface area contributed by atoms with Crippen molar-refractivity contribution in [3.8, 4) is 0 Å². The van der Waals surface area contributed by atoms with Gasteiger partial charge in [0.1, 0.15) is 5.82 Å². The molecular formula is C12H16ClFN2. The third kappa shape index (κ3) is 2.08. The second kappa shape index (κ2) is 3.99. The summed E-state index contributed by atoms with van der Waals surface area (Å²) < 4.78 is 13.1. The predicted molar refractivity (Wildman–Crippen MR) is 64.0 cm³/mol. The molecule has 0 bridgehead atoms. The molecule has 0 aromatic heterocycles. The van der Waals surface area contributed by atoms with Gasteiger partial charge in [-0.2, -0.15) is 0 Å². The molecule has 0 radical (unpaired) electrons. The summed E-state index contributed by atoms with van der Waals surface area (Å²) in [5.41, 5.74) is 7.04. The fraction of sp³-hybridized carbons (Fsp3) is 0.500. The van der Waals surface area contributed by atoms with Crippen molar-refractivity contribution in [3.63, 3.8) is 0 Å². The Morgan fingerprint density at radius 1 is 1.44 bits per heavy atom. The summed E-state index contributed by atoms with van der Waals surface area (Å²) in [6.45, 7) is 0. The van der Waals surface area contributed by atoms with Gasteiger partial charge in [0.25, 0.3) is 0 Å². The molecule has 1 aliphatic carbocycles. The van der Waals surface area contributed by atoms with Crippen molar-refractivity contribution in [1.82, 2.24) is 4.90 Å². The quantitative estimate of drug-likeness (QED) is 0.883. The Bertz CT molecular complexity index is 402. The largest absolute Gasteiger partial charge is 0.323 e. The van der Waals surface area contributed by atoms with Crippen LogP contribution >= 0.6 is 11.6 Å². The summed E-state index contributed by atoms with van der Waals surface area (Å²) in [5.74, 6) is -0.384. The van der Waals surface area contributed by atoms with E-state index in [4.69, 9.17) is 17.3 Å². The first-order valence-corrected chi connectivity index (χ1v) is 5.72. The van der Waals surface area contributed by atoms with Crippen molar-refractivity contribution >= 4 is 11.6 Å². The van der Waals surface area contributed by atoms with E-state index in [0.29, 0.717) is 0 Å². The van der Waals surface area contributed by atoms with Crippen molar-refractivity contribution in [2.24, 2.45) is 5.73 Å². The van der Waals surface area contributed by atoms with Gasteiger partial charge in [0.05, 0.1) is 11.1 Å². The zero-order valence-electron chi connectivity index (χ0n) is 9.50. The lowest BCUT2D eigenvalue weighted by molar-refractivity contribution is 0.245. The van der Waals surface area contributed by atoms with Gasteiger partial charge < -0.3 is 10.6 Å². The number of likely N-dealkylation sites (N-methyl/N-ethyl adjacent to an activating group) is 1. The van der Waals surface area contributed by atoms with E-state index in [2.05, 4.69) is 4.90 Å². The minimum atomic E-state index is -0.384. The van der Waals surface area contributed by atoms with Gasteiger partial charge in [-0.3, -0.25) is 0 Å². The minimum Gasteiger partial charge on any atom is -0.323 e. The summed E-state index contributed by atoms with van der Waals surface area (Å²) >= 11 is 5.80. The van der Waals surface area contributed by atoms with E-state index in [1.807, 2.05) is 14.1 Å². The van der Waals surface area contributed by atoms with Crippen LogP contribution in [0.2, 0.25) is 5.02 Å². The minimum absolute atomic E-state index is 0.102. The molecule has 1 fully saturated rings. The van der Waals surface area contributed by atoms with Crippen molar-refractivity contribution in [2.75, 3.05) is 14.1 Å². The van der Waals surface area contributed by atoms with Crippen molar-refractivity contribution in [3.05, 3.63) is 34.6 Å². The second-order valence-electron chi connectivity index (χ2n) is 4.77. The molecule has 0 spiro atoms. The molecule has 16 heavy (non-hydrogen) atoms. The monoisotopic (exact) mass is 242 g/mol. The van der Waals surface area contributed by atoms with Gasteiger partial charge in [-0.15, -0.1) is 0 Å². The lowest BCUT2D eigenvalue weighted by Gasteiger charge is -2.30. The highest BCUT2D eigenvalue weighted by molar-refractivity contribution is 6.30. The highest BCUT2D eigenvalue weighted by atomic mass is 35.5. The van der Waals surface area contributed by atoms with Gasteiger partial charge in [-0.05, 0) is 44.6 Å². The van der Waals surface area contributed by atoms with Crippen LogP contribution in [0, 0.1) is 5.82 Å². The maximum atomic E-state index is 13.1. The zero-order valence-corrected chi connectivity index (χ0v) is 10.3. The number of rotatable bonds is 3. The maximum absolute atomic E-state index is 13.1. The fourth-order valence-electron chi connectivity index (χ4n) is 2.24. The Morgan fingerprint density at radius 3 is 2.50 bits per heavy atom. The molecule has 1 aromatic carbocycles. The van der Waals surface area contributed by atoms with Crippen LogP contribution in [0.5, 0.6) is 0 Å². The number of nitrogens with zero attached hydrogens (tertiary/aromatic N) is 1. The van der Waals surface area contributed by atoms with Crippen molar-refractivity contribution < 1.29 is 4.39 Å². The third-order valence-electron chi connectivity index (χ3n) is 3.15. The van der Waals surface area contributed by atoms with Gasteiger partial charge >= 0.3 is 0 Å². The van der Waals surface area contributed by atoms with Crippen LogP contribution < -0.4 is 5.73 Å². The van der Waals surface area contributed by atoms with E-state index < -0.39 is 0 Å². The molecule has 2 N–H and O–H groups in total. The number of nitrogens with two attached hydrogens (primary N) is 1. The number of hydrogen-bond donors (Lipinski definition) is 1. The van der Waals surface area contributed by atoms with Gasteiger partial charge in [0, 0.05) is 5.54 Å². The summed E-state index contributed by atoms with van der Waals surface area (Å²) in [6, 6.07) is 4.94. The molecule has 0 saturated heterocycles. The first kappa shape index (κ1) is 11.8. The predicted octanol–water partition coefficient (Wildman–Crippen LogP) is 2.57. The summed E-state index contributed by atoms with van der Waals surface area (Å²) in [6.07, 6.45) is 2.01. The van der Waals surface area contributed by atoms with Gasteiger partial charge in [0.2, 0.25) is 0 Å². The lowest BCUT2D eigenvalue weighted by atomic mass is 9.97. The number of halogens is 2. The number of hydrogen-bond acceptors (Lipinski definition) is 2. The average Bonchev–Trinajstić information content (AvgIpc) is 2.90. The Balaban J connectivity index is 2.36. The molecule has 1 atom stereocenters. The van der Waals surface area contributed by atoms with Crippen LogP contribution in [0.25, 0.3) is 0 Å². The van der Waals surface area contributed by atoms with Crippen LogP contribution in [0.15, 0.2) is 18.2 Å². The Hall–Kier alpha value is -0.640. The standard InChI is InChI=1S/C12H16ClFN2/c1-16(2)11(12(15)5-6-12)8-3-4-10(14)9(13)7-8/h3-4,7,11H,5-6,15H2,1-2H3. The van der Waals surface area contributed by atoms with E-state index in [0.717, 1.165) is 18.4 Å². The van der Waals surface area contributed by atoms with E-state index in [1.165, 1.54) is 6.07 Å². The third-order valence-corrected chi connectivity index (χ3v) is 3.44. The molecule has 1 aromatic rings. The molecule has 1 saturated carbocycles. The first-order chi connectivity index (χ1) is 7.44. The van der Waals surface area contributed by atoms with Gasteiger partial charge in [-0.25, -0.2) is 4.39 Å². The highest BCUT2D eigenvalue weighted by Crippen LogP contribution is 2.46. The topological polar surface area (TPSA) is 29.3 Å². The van der Waals surface area contributed by atoms with E-state index in [9.17, 15) is 4.39 Å². The second-order valence-corrected chi connectivity index (χ2v) is 5.18. The molecule has 1 aliphatic rings. The van der Waals surface area contributed by atoms with E-state index >= 15 is 0 Å². The van der Waals surface area contributed by atoms with Crippen LogP contribution in [0.1, 0.15) is 24.4 Å². The highest BCUT2D eigenvalue weighted by Gasteiger charge is 2.47. The smallest absolute Gasteiger partial charge is 0.141 e. The first-order valence-electron chi connectivity index (χ1n) is 5.34. The molecule has 2 rings (SSSR count). The van der Waals surface area contributed by atoms with Crippen molar-refractivity contribution in [1.29, 1.82) is 0 Å². The lowest BCUT2D eigenvalue weighted by Crippen LogP contribution is -2.39. The van der Waals surface area contributed by atoms with Crippen LogP contribution in [0.3, 0.4) is 0 Å². The zero-order chi connectivity index (χ0) is 11.9. The molecule has 1 unspecified atom stereocenters.